The summed E-state index contributed by atoms with van der Waals surface area (Å²) in [6.45, 7) is 3.54. The normalized spacial score (nSPS) is 25.8. The monoisotopic (exact) mass is 386 g/mol. The zero-order valence-electron chi connectivity index (χ0n) is 16.1. The Morgan fingerprint density at radius 2 is 1.86 bits per heavy atom. The summed E-state index contributed by atoms with van der Waals surface area (Å²) < 4.78 is 6.13. The largest absolute Gasteiger partial charge is 0.467 e. The maximum atomic E-state index is 12.6. The van der Waals surface area contributed by atoms with Gasteiger partial charge in [0.2, 0.25) is 11.8 Å². The highest BCUT2D eigenvalue weighted by Gasteiger charge is 2.42. The number of fused-ring (bicyclic) bond motifs is 1. The quantitative estimate of drug-likeness (QED) is 0.790. The molecule has 8 heteroatoms. The van der Waals surface area contributed by atoms with Crippen LogP contribution in [0.4, 0.5) is 0 Å². The highest BCUT2D eigenvalue weighted by molar-refractivity contribution is 5.98. The third-order valence-electron chi connectivity index (χ3n) is 5.84. The molecule has 28 heavy (non-hydrogen) atoms. The molecule has 0 saturated carbocycles. The van der Waals surface area contributed by atoms with Crippen LogP contribution in [0.3, 0.4) is 0 Å². The Bertz CT molecular complexity index is 790. The molecule has 0 aromatic heterocycles. The number of likely N-dealkylation sites (N-methyl/N-ethyl adjacent to an activating group) is 1. The van der Waals surface area contributed by atoms with Crippen molar-refractivity contribution in [3.05, 3.63) is 29.8 Å². The predicted octanol–water partition coefficient (Wildman–Crippen LogP) is 0.292. The van der Waals surface area contributed by atoms with E-state index in [-0.39, 0.29) is 30.7 Å². The summed E-state index contributed by atoms with van der Waals surface area (Å²) in [7, 11) is 2.04. The number of carbonyl (C=O) groups excluding carboxylic acids is 3. The molecule has 1 aromatic carbocycles. The summed E-state index contributed by atoms with van der Waals surface area (Å²) in [4.78, 5) is 43.3. The van der Waals surface area contributed by atoms with Gasteiger partial charge in [-0.3, -0.25) is 14.4 Å². The minimum Gasteiger partial charge on any atom is -0.467 e. The second kappa shape index (κ2) is 7.43. The van der Waals surface area contributed by atoms with Crippen LogP contribution in [0.2, 0.25) is 0 Å². The summed E-state index contributed by atoms with van der Waals surface area (Å²) in [5.74, 6) is 0.268. The molecule has 2 saturated heterocycles. The van der Waals surface area contributed by atoms with E-state index in [2.05, 4.69) is 10.2 Å². The van der Waals surface area contributed by atoms with Gasteiger partial charge in [0.1, 0.15) is 5.75 Å². The number of benzene rings is 1. The fraction of sp³-hybridized carbons (Fsp3) is 0.550. The summed E-state index contributed by atoms with van der Waals surface area (Å²) in [6, 6.07) is 7.12. The van der Waals surface area contributed by atoms with E-state index in [4.69, 9.17) is 4.74 Å². The van der Waals surface area contributed by atoms with Crippen molar-refractivity contribution in [2.45, 2.75) is 25.0 Å². The molecule has 1 atom stereocenters. The van der Waals surface area contributed by atoms with Gasteiger partial charge in [-0.2, -0.15) is 0 Å². The van der Waals surface area contributed by atoms with E-state index in [1.807, 2.05) is 18.0 Å². The third-order valence-corrected chi connectivity index (χ3v) is 5.84. The molecule has 3 aliphatic rings. The number of para-hydroxylation sites is 1. The van der Waals surface area contributed by atoms with Gasteiger partial charge in [-0.1, -0.05) is 12.1 Å². The van der Waals surface area contributed by atoms with Crippen molar-refractivity contribution in [2.75, 3.05) is 46.3 Å². The first kappa shape index (κ1) is 18.7. The van der Waals surface area contributed by atoms with Gasteiger partial charge in [-0.05, 0) is 19.2 Å². The topological polar surface area (TPSA) is 82.2 Å². The lowest BCUT2D eigenvalue weighted by Gasteiger charge is -2.38. The van der Waals surface area contributed by atoms with Gasteiger partial charge in [0.05, 0.1) is 12.1 Å². The van der Waals surface area contributed by atoms with Crippen LogP contribution in [-0.4, -0.2) is 84.5 Å². The van der Waals surface area contributed by atoms with E-state index in [1.54, 1.807) is 23.1 Å². The Kier molecular flexibility index (Phi) is 4.97. The Balaban J connectivity index is 1.42. The van der Waals surface area contributed by atoms with E-state index in [0.717, 1.165) is 13.1 Å². The lowest BCUT2D eigenvalue weighted by Crippen LogP contribution is -2.56. The van der Waals surface area contributed by atoms with Crippen LogP contribution in [0.1, 0.15) is 29.6 Å². The summed E-state index contributed by atoms with van der Waals surface area (Å²) in [5.41, 5.74) is -0.391. The molecule has 8 nitrogen and oxygen atoms in total. The minimum atomic E-state index is -0.896. The van der Waals surface area contributed by atoms with Crippen molar-refractivity contribution in [2.24, 2.45) is 0 Å². The lowest BCUT2D eigenvalue weighted by molar-refractivity contribution is -0.141. The van der Waals surface area contributed by atoms with Crippen LogP contribution in [0.5, 0.6) is 5.75 Å². The van der Waals surface area contributed by atoms with Gasteiger partial charge in [-0.25, -0.2) is 0 Å². The smallest absolute Gasteiger partial charge is 0.258 e. The molecule has 1 aromatic rings. The van der Waals surface area contributed by atoms with Crippen molar-refractivity contribution >= 4 is 17.7 Å². The highest BCUT2D eigenvalue weighted by Crippen LogP contribution is 2.33. The Labute approximate surface area is 164 Å². The second-order valence-corrected chi connectivity index (χ2v) is 7.80. The first-order chi connectivity index (χ1) is 13.5. The van der Waals surface area contributed by atoms with Gasteiger partial charge < -0.3 is 24.8 Å². The summed E-state index contributed by atoms with van der Waals surface area (Å²) >= 11 is 0. The molecule has 1 spiro atoms. The molecule has 0 aliphatic carbocycles. The van der Waals surface area contributed by atoms with E-state index in [9.17, 15) is 14.4 Å². The first-order valence-corrected chi connectivity index (χ1v) is 9.80. The number of likely N-dealkylation sites (tertiary alicyclic amines) is 1. The SMILES string of the molecule is CN1CCN(C(=O)CN2CCC3(CCC2=O)NC(=O)c2ccccc2O3)CC1. The Hall–Kier alpha value is -2.61. The number of carbonyl (C=O) groups is 3. The molecule has 2 fully saturated rings. The molecule has 1 N–H and O–H groups in total. The van der Waals surface area contributed by atoms with Gasteiger partial charge in [0, 0.05) is 52.0 Å². The molecule has 0 bridgehead atoms. The van der Waals surface area contributed by atoms with Crippen LogP contribution >= 0.6 is 0 Å². The number of amides is 3. The molecule has 150 valence electrons. The van der Waals surface area contributed by atoms with Gasteiger partial charge in [0.15, 0.2) is 5.72 Å². The van der Waals surface area contributed by atoms with Crippen LogP contribution in [0.25, 0.3) is 0 Å². The fourth-order valence-electron chi connectivity index (χ4n) is 4.00. The highest BCUT2D eigenvalue weighted by atomic mass is 16.5. The van der Waals surface area contributed by atoms with Crippen molar-refractivity contribution in [1.29, 1.82) is 0 Å². The van der Waals surface area contributed by atoms with Crippen molar-refractivity contribution in [3.8, 4) is 5.75 Å². The van der Waals surface area contributed by atoms with Crippen LogP contribution in [-0.2, 0) is 9.59 Å². The number of ether oxygens (including phenoxy) is 1. The maximum absolute atomic E-state index is 12.6. The first-order valence-electron chi connectivity index (χ1n) is 9.80. The number of nitrogens with one attached hydrogen (secondary N) is 1. The lowest BCUT2D eigenvalue weighted by atomic mass is 10.0. The molecule has 4 rings (SSSR count). The summed E-state index contributed by atoms with van der Waals surface area (Å²) in [6.07, 6.45) is 1.08. The van der Waals surface area contributed by atoms with Gasteiger partial charge in [-0.15, -0.1) is 0 Å². The fourth-order valence-corrected chi connectivity index (χ4v) is 4.00. The van der Waals surface area contributed by atoms with Crippen molar-refractivity contribution in [1.82, 2.24) is 20.0 Å². The standard InChI is InChI=1S/C20H26N4O4/c1-22-10-12-23(13-11-22)18(26)14-24-9-8-20(7-6-17(24)25)21-19(27)15-4-2-3-5-16(15)28-20/h2-5H,6-14H2,1H3,(H,21,27). The second-order valence-electron chi connectivity index (χ2n) is 7.80. The van der Waals surface area contributed by atoms with Crippen LogP contribution < -0.4 is 10.1 Å². The molecule has 3 heterocycles. The van der Waals surface area contributed by atoms with Gasteiger partial charge >= 0.3 is 0 Å². The Morgan fingerprint density at radius 3 is 2.64 bits per heavy atom. The van der Waals surface area contributed by atoms with Crippen LogP contribution in [0.15, 0.2) is 24.3 Å². The third kappa shape index (κ3) is 3.69. The number of hydrogen-bond acceptors (Lipinski definition) is 5. The predicted molar refractivity (Wildman–Crippen MR) is 102 cm³/mol. The van der Waals surface area contributed by atoms with E-state index in [0.29, 0.717) is 43.8 Å². The Morgan fingerprint density at radius 1 is 1.11 bits per heavy atom. The van der Waals surface area contributed by atoms with E-state index < -0.39 is 5.72 Å². The average Bonchev–Trinajstić information content (AvgIpc) is 2.83. The zero-order valence-corrected chi connectivity index (χ0v) is 16.1. The number of nitrogens with zero attached hydrogens (tertiary/aromatic N) is 3. The molecule has 3 aliphatic heterocycles. The molecule has 3 amide bonds. The number of piperazine rings is 1. The molecule has 1 unspecified atom stereocenters. The molecule has 0 radical (unpaired) electrons. The van der Waals surface area contributed by atoms with Gasteiger partial charge in [0.25, 0.3) is 5.91 Å². The van der Waals surface area contributed by atoms with Crippen LogP contribution in [0, 0.1) is 0 Å². The zero-order chi connectivity index (χ0) is 19.7. The molecular formula is C20H26N4O4. The van der Waals surface area contributed by atoms with Crippen molar-refractivity contribution in [3.63, 3.8) is 0 Å². The van der Waals surface area contributed by atoms with Crippen molar-refractivity contribution < 1.29 is 19.1 Å². The number of rotatable bonds is 2. The number of hydrogen-bond donors (Lipinski definition) is 1. The van der Waals surface area contributed by atoms with E-state index in [1.165, 1.54) is 0 Å². The summed E-state index contributed by atoms with van der Waals surface area (Å²) in [5, 5.41) is 2.95. The van der Waals surface area contributed by atoms with E-state index >= 15 is 0 Å². The maximum Gasteiger partial charge on any atom is 0.258 e. The molecular weight excluding hydrogens is 360 g/mol. The average molecular weight is 386 g/mol. The minimum absolute atomic E-state index is 0.0173.